The second-order valence-electron chi connectivity index (χ2n) is 7.45. The lowest BCUT2D eigenvalue weighted by molar-refractivity contribution is 0.443. The van der Waals surface area contributed by atoms with Crippen molar-refractivity contribution in [3.05, 3.63) is 47.5 Å². The zero-order chi connectivity index (χ0) is 17.1. The van der Waals surface area contributed by atoms with Crippen LogP contribution in [-0.4, -0.2) is 0 Å². The van der Waals surface area contributed by atoms with E-state index in [1.165, 1.54) is 12.8 Å². The Morgan fingerprint density at radius 1 is 1.12 bits per heavy atom. The van der Waals surface area contributed by atoms with E-state index < -0.39 is 11.6 Å². The first-order chi connectivity index (χ1) is 11.6. The third kappa shape index (κ3) is 3.48. The van der Waals surface area contributed by atoms with Crippen LogP contribution in [-0.2, 0) is 0 Å². The summed E-state index contributed by atoms with van der Waals surface area (Å²) in [5.74, 6) is -0.380. The van der Waals surface area contributed by atoms with Gasteiger partial charge in [0, 0.05) is 11.1 Å². The highest BCUT2D eigenvalue weighted by atomic mass is 19.2. The average Bonchev–Trinajstić information content (AvgIpc) is 3.12. The summed E-state index contributed by atoms with van der Waals surface area (Å²) in [7, 11) is 0. The standard InChI is InChI=1S/C22H28F2/c1-3-6-16-9-11-18(12-10-16)20-14-13-19(21(23)22(20)24)15(2)17-7-4-5-8-17/h11,13-14,16-17H,2-10,12H2,1H3. The highest BCUT2D eigenvalue weighted by Crippen LogP contribution is 2.39. The van der Waals surface area contributed by atoms with Crippen molar-refractivity contribution in [3.8, 4) is 0 Å². The first-order valence-electron chi connectivity index (χ1n) is 9.48. The molecule has 0 heterocycles. The molecule has 2 heteroatoms. The van der Waals surface area contributed by atoms with Gasteiger partial charge in [0.2, 0.25) is 0 Å². The van der Waals surface area contributed by atoms with Gasteiger partial charge in [-0.15, -0.1) is 0 Å². The summed E-state index contributed by atoms with van der Waals surface area (Å²) >= 11 is 0. The highest BCUT2D eigenvalue weighted by molar-refractivity contribution is 5.72. The monoisotopic (exact) mass is 330 g/mol. The van der Waals surface area contributed by atoms with Crippen LogP contribution in [0.2, 0.25) is 0 Å². The van der Waals surface area contributed by atoms with Crippen LogP contribution in [0.5, 0.6) is 0 Å². The summed E-state index contributed by atoms with van der Waals surface area (Å²) < 4.78 is 29.3. The molecule has 0 N–H and O–H groups in total. The number of hydrogen-bond donors (Lipinski definition) is 0. The fraction of sp³-hybridized carbons (Fsp3) is 0.545. The fourth-order valence-corrected chi connectivity index (χ4v) is 4.34. The normalized spacial score (nSPS) is 21.8. The molecule has 2 aliphatic rings. The van der Waals surface area contributed by atoms with E-state index in [9.17, 15) is 8.78 Å². The van der Waals surface area contributed by atoms with E-state index in [1.54, 1.807) is 12.1 Å². The van der Waals surface area contributed by atoms with Crippen LogP contribution in [0.4, 0.5) is 8.78 Å². The maximum absolute atomic E-state index is 14.7. The molecule has 1 fully saturated rings. The SMILES string of the molecule is C=C(c1ccc(C2=CCC(CCC)CC2)c(F)c1F)C1CCCC1. The molecule has 0 aromatic heterocycles. The second kappa shape index (κ2) is 7.63. The van der Waals surface area contributed by atoms with E-state index in [2.05, 4.69) is 19.6 Å². The summed E-state index contributed by atoms with van der Waals surface area (Å²) in [5.41, 5.74) is 2.57. The minimum Gasteiger partial charge on any atom is -0.203 e. The Bertz CT molecular complexity index is 636. The molecule has 0 bridgehead atoms. The topological polar surface area (TPSA) is 0 Å². The maximum Gasteiger partial charge on any atom is 0.166 e. The molecule has 0 amide bonds. The van der Waals surface area contributed by atoms with E-state index in [4.69, 9.17) is 0 Å². The lowest BCUT2D eigenvalue weighted by Gasteiger charge is -2.22. The minimum absolute atomic E-state index is 0.313. The van der Waals surface area contributed by atoms with Crippen molar-refractivity contribution in [1.82, 2.24) is 0 Å². The van der Waals surface area contributed by atoms with E-state index in [1.807, 2.05) is 0 Å². The summed E-state index contributed by atoms with van der Waals surface area (Å²) in [6, 6.07) is 3.51. The second-order valence-corrected chi connectivity index (χ2v) is 7.45. The molecule has 0 spiro atoms. The van der Waals surface area contributed by atoms with Crippen LogP contribution in [0.25, 0.3) is 11.1 Å². The molecule has 1 unspecified atom stereocenters. The molecule has 1 aromatic carbocycles. The van der Waals surface area contributed by atoms with Crippen molar-refractivity contribution in [2.75, 3.05) is 0 Å². The van der Waals surface area contributed by atoms with Crippen LogP contribution >= 0.6 is 0 Å². The van der Waals surface area contributed by atoms with E-state index >= 15 is 0 Å². The molecule has 0 radical (unpaired) electrons. The van der Waals surface area contributed by atoms with Crippen LogP contribution in [0.15, 0.2) is 24.8 Å². The molecule has 1 saturated carbocycles. The van der Waals surface area contributed by atoms with Gasteiger partial charge in [-0.25, -0.2) is 8.78 Å². The molecule has 130 valence electrons. The number of halogens is 2. The van der Waals surface area contributed by atoms with E-state index in [0.717, 1.165) is 56.1 Å². The van der Waals surface area contributed by atoms with Gasteiger partial charge in [0.05, 0.1) is 0 Å². The molecular weight excluding hydrogens is 302 g/mol. The number of allylic oxidation sites excluding steroid dienone is 3. The Morgan fingerprint density at radius 3 is 2.50 bits per heavy atom. The van der Waals surface area contributed by atoms with Crippen molar-refractivity contribution in [2.24, 2.45) is 11.8 Å². The van der Waals surface area contributed by atoms with Gasteiger partial charge in [-0.3, -0.25) is 0 Å². The van der Waals surface area contributed by atoms with Crippen LogP contribution < -0.4 is 0 Å². The Balaban J connectivity index is 1.81. The Labute approximate surface area is 144 Å². The number of rotatable bonds is 5. The molecule has 1 atom stereocenters. The molecule has 3 rings (SSSR count). The minimum atomic E-state index is -0.707. The summed E-state index contributed by atoms with van der Waals surface area (Å²) in [6.45, 7) is 6.26. The Hall–Kier alpha value is -1.44. The summed E-state index contributed by atoms with van der Waals surface area (Å²) in [4.78, 5) is 0. The van der Waals surface area contributed by atoms with Crippen molar-refractivity contribution in [3.63, 3.8) is 0 Å². The van der Waals surface area contributed by atoms with Crippen molar-refractivity contribution < 1.29 is 8.78 Å². The fourth-order valence-electron chi connectivity index (χ4n) is 4.34. The zero-order valence-electron chi connectivity index (χ0n) is 14.7. The molecule has 0 saturated heterocycles. The lowest BCUT2D eigenvalue weighted by Crippen LogP contribution is -2.08. The first-order valence-corrected chi connectivity index (χ1v) is 9.48. The third-order valence-corrected chi connectivity index (χ3v) is 5.84. The molecule has 0 nitrogen and oxygen atoms in total. The predicted molar refractivity (Wildman–Crippen MR) is 97.6 cm³/mol. The molecule has 0 aliphatic heterocycles. The zero-order valence-corrected chi connectivity index (χ0v) is 14.7. The van der Waals surface area contributed by atoms with E-state index in [0.29, 0.717) is 23.0 Å². The predicted octanol–water partition coefficient (Wildman–Crippen LogP) is 7.15. The summed E-state index contributed by atoms with van der Waals surface area (Å²) in [6.07, 6.45) is 11.9. The molecule has 2 aliphatic carbocycles. The molecular formula is C22H28F2. The first kappa shape index (κ1) is 17.4. The Morgan fingerprint density at radius 2 is 1.88 bits per heavy atom. The summed E-state index contributed by atoms with van der Waals surface area (Å²) in [5, 5.41) is 0. The Kier molecular flexibility index (Phi) is 5.53. The van der Waals surface area contributed by atoms with Gasteiger partial charge in [0.1, 0.15) is 0 Å². The molecule has 24 heavy (non-hydrogen) atoms. The molecule has 1 aromatic rings. The quantitative estimate of drug-likeness (QED) is 0.537. The van der Waals surface area contributed by atoms with E-state index in [-0.39, 0.29) is 0 Å². The van der Waals surface area contributed by atoms with Crippen LogP contribution in [0, 0.1) is 23.5 Å². The number of hydrogen-bond acceptors (Lipinski definition) is 0. The average molecular weight is 330 g/mol. The lowest BCUT2D eigenvalue weighted by atomic mass is 9.83. The third-order valence-electron chi connectivity index (χ3n) is 5.84. The smallest absolute Gasteiger partial charge is 0.166 e. The van der Waals surface area contributed by atoms with Crippen molar-refractivity contribution >= 4 is 11.1 Å². The van der Waals surface area contributed by atoms with Gasteiger partial charge in [-0.2, -0.15) is 0 Å². The highest BCUT2D eigenvalue weighted by Gasteiger charge is 2.25. The van der Waals surface area contributed by atoms with Crippen molar-refractivity contribution in [2.45, 2.75) is 64.7 Å². The van der Waals surface area contributed by atoms with Gasteiger partial charge in [0.15, 0.2) is 11.6 Å². The van der Waals surface area contributed by atoms with Gasteiger partial charge < -0.3 is 0 Å². The van der Waals surface area contributed by atoms with Gasteiger partial charge in [0.25, 0.3) is 0 Å². The van der Waals surface area contributed by atoms with Gasteiger partial charge in [-0.05, 0) is 55.1 Å². The number of benzene rings is 1. The van der Waals surface area contributed by atoms with Crippen LogP contribution in [0.3, 0.4) is 0 Å². The van der Waals surface area contributed by atoms with Crippen LogP contribution in [0.1, 0.15) is 75.8 Å². The van der Waals surface area contributed by atoms with Gasteiger partial charge in [-0.1, -0.05) is 57.4 Å². The van der Waals surface area contributed by atoms with Crippen molar-refractivity contribution in [1.29, 1.82) is 0 Å². The largest absolute Gasteiger partial charge is 0.203 e. The maximum atomic E-state index is 14.7. The van der Waals surface area contributed by atoms with Gasteiger partial charge >= 0.3 is 0 Å².